The Labute approximate surface area is 108 Å². The standard InChI is InChI=1S/C10H10ClN5O2/c1-16-14-10(13-15-16)12-9(17)6-18-8-5-3-2-4-7(8)11/h2-5H,6H2,1H3,(H,12,14,17). The van der Waals surface area contributed by atoms with Crippen LogP contribution in [-0.2, 0) is 11.8 Å². The highest BCUT2D eigenvalue weighted by atomic mass is 35.5. The predicted octanol–water partition coefficient (Wildman–Crippen LogP) is 0.881. The van der Waals surface area contributed by atoms with Gasteiger partial charge in [0.15, 0.2) is 6.61 Å². The maximum Gasteiger partial charge on any atom is 0.270 e. The zero-order valence-electron chi connectivity index (χ0n) is 9.50. The minimum Gasteiger partial charge on any atom is -0.482 e. The number of rotatable bonds is 4. The first-order valence-electron chi connectivity index (χ1n) is 5.06. The van der Waals surface area contributed by atoms with Gasteiger partial charge < -0.3 is 4.74 Å². The van der Waals surface area contributed by atoms with E-state index in [1.165, 1.54) is 4.80 Å². The van der Waals surface area contributed by atoms with Crippen molar-refractivity contribution in [2.24, 2.45) is 7.05 Å². The van der Waals surface area contributed by atoms with Crippen molar-refractivity contribution >= 4 is 23.5 Å². The van der Waals surface area contributed by atoms with Gasteiger partial charge in [0.1, 0.15) is 5.75 Å². The number of hydrogen-bond acceptors (Lipinski definition) is 5. The van der Waals surface area contributed by atoms with Crippen molar-refractivity contribution < 1.29 is 9.53 Å². The Morgan fingerprint density at radius 2 is 2.28 bits per heavy atom. The Morgan fingerprint density at radius 3 is 2.94 bits per heavy atom. The van der Waals surface area contributed by atoms with E-state index < -0.39 is 0 Å². The third-order valence-electron chi connectivity index (χ3n) is 1.95. The topological polar surface area (TPSA) is 81.9 Å². The van der Waals surface area contributed by atoms with E-state index in [4.69, 9.17) is 16.3 Å². The number of hydrogen-bond donors (Lipinski definition) is 1. The largest absolute Gasteiger partial charge is 0.482 e. The van der Waals surface area contributed by atoms with Crippen molar-refractivity contribution in [3.63, 3.8) is 0 Å². The fourth-order valence-corrected chi connectivity index (χ4v) is 1.39. The number of nitrogens with zero attached hydrogens (tertiary/aromatic N) is 4. The van der Waals surface area contributed by atoms with Crippen LogP contribution in [-0.4, -0.2) is 32.7 Å². The van der Waals surface area contributed by atoms with Crippen LogP contribution >= 0.6 is 11.6 Å². The molecule has 1 heterocycles. The van der Waals surface area contributed by atoms with E-state index in [0.29, 0.717) is 10.8 Å². The number of anilines is 1. The van der Waals surface area contributed by atoms with Gasteiger partial charge in [0.2, 0.25) is 0 Å². The van der Waals surface area contributed by atoms with Crippen molar-refractivity contribution in [2.45, 2.75) is 0 Å². The van der Waals surface area contributed by atoms with Gasteiger partial charge in [-0.15, -0.1) is 5.10 Å². The van der Waals surface area contributed by atoms with Crippen LogP contribution in [0.4, 0.5) is 5.95 Å². The molecule has 94 valence electrons. The summed E-state index contributed by atoms with van der Waals surface area (Å²) in [5, 5.41) is 13.9. The van der Waals surface area contributed by atoms with Gasteiger partial charge in [-0.05, 0) is 17.3 Å². The monoisotopic (exact) mass is 267 g/mol. The Morgan fingerprint density at radius 1 is 1.50 bits per heavy atom. The summed E-state index contributed by atoms with van der Waals surface area (Å²) >= 11 is 5.88. The van der Waals surface area contributed by atoms with E-state index in [2.05, 4.69) is 20.7 Å². The molecule has 0 saturated heterocycles. The number of amides is 1. The summed E-state index contributed by atoms with van der Waals surface area (Å²) in [5.41, 5.74) is 0. The van der Waals surface area contributed by atoms with Gasteiger partial charge in [0.25, 0.3) is 11.9 Å². The molecule has 0 unspecified atom stereocenters. The Kier molecular flexibility index (Phi) is 3.73. The van der Waals surface area contributed by atoms with Crippen LogP contribution in [0.1, 0.15) is 0 Å². The van der Waals surface area contributed by atoms with Crippen LogP contribution in [0.5, 0.6) is 5.75 Å². The van der Waals surface area contributed by atoms with Crippen LogP contribution in [0, 0.1) is 0 Å². The molecule has 0 aliphatic carbocycles. The van der Waals surface area contributed by atoms with Gasteiger partial charge in [-0.25, -0.2) is 0 Å². The molecule has 1 aromatic heterocycles. The highest BCUT2D eigenvalue weighted by Crippen LogP contribution is 2.22. The van der Waals surface area contributed by atoms with Crippen molar-refractivity contribution in [1.82, 2.24) is 20.2 Å². The molecule has 18 heavy (non-hydrogen) atoms. The molecule has 1 aromatic carbocycles. The quantitative estimate of drug-likeness (QED) is 0.889. The number of carbonyl (C=O) groups is 1. The highest BCUT2D eigenvalue weighted by Gasteiger charge is 2.08. The van der Waals surface area contributed by atoms with Crippen molar-refractivity contribution in [3.05, 3.63) is 29.3 Å². The van der Waals surface area contributed by atoms with Crippen molar-refractivity contribution in [2.75, 3.05) is 11.9 Å². The number of carbonyl (C=O) groups excluding carboxylic acids is 1. The molecule has 2 aromatic rings. The lowest BCUT2D eigenvalue weighted by Gasteiger charge is -2.06. The van der Waals surface area contributed by atoms with Crippen molar-refractivity contribution in [1.29, 1.82) is 0 Å². The SMILES string of the molecule is Cn1nnc(NC(=O)COc2ccccc2Cl)n1. The summed E-state index contributed by atoms with van der Waals surface area (Å²) in [5.74, 6) is 0.189. The summed E-state index contributed by atoms with van der Waals surface area (Å²) in [7, 11) is 1.60. The number of nitrogens with one attached hydrogen (secondary N) is 1. The zero-order valence-corrected chi connectivity index (χ0v) is 10.3. The fourth-order valence-electron chi connectivity index (χ4n) is 1.20. The van der Waals surface area contributed by atoms with E-state index in [0.717, 1.165) is 0 Å². The van der Waals surface area contributed by atoms with E-state index in [-0.39, 0.29) is 18.5 Å². The summed E-state index contributed by atoms with van der Waals surface area (Å²) in [4.78, 5) is 12.8. The second-order valence-corrected chi connectivity index (χ2v) is 3.78. The van der Waals surface area contributed by atoms with E-state index in [9.17, 15) is 4.79 Å². The number of para-hydroxylation sites is 1. The number of tetrazole rings is 1. The molecule has 1 N–H and O–H groups in total. The fraction of sp³-hybridized carbons (Fsp3) is 0.200. The average Bonchev–Trinajstić information content (AvgIpc) is 2.74. The lowest BCUT2D eigenvalue weighted by molar-refractivity contribution is -0.118. The second kappa shape index (κ2) is 5.46. The molecule has 0 bridgehead atoms. The number of aryl methyl sites for hydroxylation is 1. The molecule has 0 atom stereocenters. The van der Waals surface area contributed by atoms with Gasteiger partial charge in [-0.3, -0.25) is 10.1 Å². The van der Waals surface area contributed by atoms with E-state index in [1.807, 2.05) is 0 Å². The molecule has 7 nitrogen and oxygen atoms in total. The normalized spacial score (nSPS) is 10.1. The summed E-state index contributed by atoms with van der Waals surface area (Å²) < 4.78 is 5.25. The van der Waals surface area contributed by atoms with Gasteiger partial charge in [0.05, 0.1) is 12.1 Å². The van der Waals surface area contributed by atoms with Crippen LogP contribution in [0.3, 0.4) is 0 Å². The lowest BCUT2D eigenvalue weighted by Crippen LogP contribution is -2.21. The van der Waals surface area contributed by atoms with Crippen LogP contribution in [0.15, 0.2) is 24.3 Å². The van der Waals surface area contributed by atoms with Crippen LogP contribution < -0.4 is 10.1 Å². The smallest absolute Gasteiger partial charge is 0.270 e. The van der Waals surface area contributed by atoms with Gasteiger partial charge in [0, 0.05) is 0 Å². The highest BCUT2D eigenvalue weighted by molar-refractivity contribution is 6.32. The molecule has 0 aliphatic heterocycles. The van der Waals surface area contributed by atoms with Crippen LogP contribution in [0.2, 0.25) is 5.02 Å². The Bertz CT molecular complexity index is 557. The van der Waals surface area contributed by atoms with Gasteiger partial charge >= 0.3 is 0 Å². The molecule has 0 radical (unpaired) electrons. The number of ether oxygens (including phenoxy) is 1. The molecule has 0 spiro atoms. The lowest BCUT2D eigenvalue weighted by atomic mass is 10.3. The summed E-state index contributed by atoms with van der Waals surface area (Å²) in [6.45, 7) is -0.179. The maximum absolute atomic E-state index is 11.5. The molecule has 1 amide bonds. The number of benzene rings is 1. The average molecular weight is 268 g/mol. The van der Waals surface area contributed by atoms with Crippen LogP contribution in [0.25, 0.3) is 0 Å². The number of halogens is 1. The van der Waals surface area contributed by atoms with E-state index >= 15 is 0 Å². The third-order valence-corrected chi connectivity index (χ3v) is 2.27. The minimum atomic E-state index is -0.386. The maximum atomic E-state index is 11.5. The van der Waals surface area contributed by atoms with Gasteiger partial charge in [-0.1, -0.05) is 28.8 Å². The Balaban J connectivity index is 1.87. The zero-order chi connectivity index (χ0) is 13.0. The molecule has 2 rings (SSSR count). The first-order chi connectivity index (χ1) is 8.65. The number of aromatic nitrogens is 4. The molecule has 0 fully saturated rings. The van der Waals surface area contributed by atoms with Gasteiger partial charge in [-0.2, -0.15) is 4.80 Å². The first-order valence-corrected chi connectivity index (χ1v) is 5.44. The van der Waals surface area contributed by atoms with E-state index in [1.54, 1.807) is 31.3 Å². The summed E-state index contributed by atoms with van der Waals surface area (Å²) in [6.07, 6.45) is 0. The summed E-state index contributed by atoms with van der Waals surface area (Å²) in [6, 6.07) is 6.90. The molecule has 8 heteroatoms. The third kappa shape index (κ3) is 3.17. The molecular weight excluding hydrogens is 258 g/mol. The second-order valence-electron chi connectivity index (χ2n) is 3.37. The molecule has 0 saturated carbocycles. The minimum absolute atomic E-state index is 0.130. The Hall–Kier alpha value is -2.15. The molecular formula is C10H10ClN5O2. The van der Waals surface area contributed by atoms with Crippen molar-refractivity contribution in [3.8, 4) is 5.75 Å². The predicted molar refractivity (Wildman–Crippen MR) is 64.4 cm³/mol. The molecule has 0 aliphatic rings. The first kappa shape index (κ1) is 12.3.